The largest absolute Gasteiger partial charge is 0.481 e. The number of hydrogen-bond acceptors (Lipinski definition) is 2. The first-order valence-electron chi connectivity index (χ1n) is 6.20. The Bertz CT molecular complexity index is 474. The second-order valence-corrected chi connectivity index (χ2v) is 4.57. The van der Waals surface area contributed by atoms with Gasteiger partial charge in [-0.15, -0.1) is 0 Å². The van der Waals surface area contributed by atoms with Gasteiger partial charge in [0, 0.05) is 13.0 Å². The fraction of sp³-hybridized carbons (Fsp3) is 0.429. The summed E-state index contributed by atoms with van der Waals surface area (Å²) in [7, 11) is 0. The molecule has 2 N–H and O–H groups in total. The van der Waals surface area contributed by atoms with Gasteiger partial charge in [0.2, 0.25) is 0 Å². The zero-order chi connectivity index (χ0) is 14.4. The van der Waals surface area contributed by atoms with Crippen molar-refractivity contribution in [3.05, 3.63) is 35.1 Å². The maximum Gasteiger partial charge on any atom is 0.303 e. The van der Waals surface area contributed by atoms with Crippen LogP contribution >= 0.6 is 0 Å². The first-order chi connectivity index (χ1) is 8.93. The monoisotopic (exact) mass is 267 g/mol. The Hall–Kier alpha value is -1.91. The fourth-order valence-electron chi connectivity index (χ4n) is 1.74. The van der Waals surface area contributed by atoms with Crippen molar-refractivity contribution in [2.45, 2.75) is 26.7 Å². The second-order valence-electron chi connectivity index (χ2n) is 4.57. The summed E-state index contributed by atoms with van der Waals surface area (Å²) in [4.78, 5) is 22.4. The number of halogens is 1. The lowest BCUT2D eigenvalue weighted by atomic mass is 10.0. The van der Waals surface area contributed by atoms with Crippen LogP contribution < -0.4 is 5.32 Å². The van der Waals surface area contributed by atoms with E-state index in [0.717, 1.165) is 5.56 Å². The molecule has 0 aliphatic rings. The average Bonchev–Trinajstić information content (AvgIpc) is 2.33. The molecule has 0 aliphatic heterocycles. The minimum atomic E-state index is -0.900. The van der Waals surface area contributed by atoms with Gasteiger partial charge in [0.15, 0.2) is 0 Å². The summed E-state index contributed by atoms with van der Waals surface area (Å²) in [6.07, 6.45) is 0.635. The number of hydrogen-bond donors (Lipinski definition) is 2. The van der Waals surface area contributed by atoms with Crippen LogP contribution in [0.5, 0.6) is 0 Å². The van der Waals surface area contributed by atoms with E-state index >= 15 is 0 Å². The average molecular weight is 267 g/mol. The molecule has 1 atom stereocenters. The lowest BCUT2D eigenvalue weighted by Crippen LogP contribution is -2.30. The molecule has 1 aromatic carbocycles. The van der Waals surface area contributed by atoms with E-state index in [1.54, 1.807) is 13.0 Å². The fourth-order valence-corrected chi connectivity index (χ4v) is 1.74. The van der Waals surface area contributed by atoms with Gasteiger partial charge in [-0.05, 0) is 30.5 Å². The number of rotatable bonds is 6. The Balaban J connectivity index is 2.61. The third kappa shape index (κ3) is 4.69. The molecule has 0 bridgehead atoms. The van der Waals surface area contributed by atoms with E-state index in [1.807, 2.05) is 6.92 Å². The summed E-state index contributed by atoms with van der Waals surface area (Å²) in [6, 6.07) is 4.38. The van der Waals surface area contributed by atoms with Gasteiger partial charge in [-0.3, -0.25) is 9.59 Å². The van der Waals surface area contributed by atoms with E-state index in [0.29, 0.717) is 6.42 Å². The van der Waals surface area contributed by atoms with Crippen LogP contribution in [0.4, 0.5) is 4.39 Å². The van der Waals surface area contributed by atoms with Gasteiger partial charge in [-0.1, -0.05) is 19.4 Å². The highest BCUT2D eigenvalue weighted by Crippen LogP contribution is 2.11. The van der Waals surface area contributed by atoms with Crippen molar-refractivity contribution in [3.63, 3.8) is 0 Å². The number of amides is 1. The Labute approximate surface area is 111 Å². The molecule has 0 spiro atoms. The molecule has 1 aromatic rings. The molecule has 1 unspecified atom stereocenters. The van der Waals surface area contributed by atoms with Gasteiger partial charge in [-0.25, -0.2) is 4.39 Å². The van der Waals surface area contributed by atoms with Crippen molar-refractivity contribution >= 4 is 11.9 Å². The van der Waals surface area contributed by atoms with E-state index in [9.17, 15) is 14.0 Å². The highest BCUT2D eigenvalue weighted by molar-refractivity contribution is 5.94. The van der Waals surface area contributed by atoms with E-state index in [1.165, 1.54) is 12.1 Å². The van der Waals surface area contributed by atoms with E-state index in [-0.39, 0.29) is 24.4 Å². The minimum absolute atomic E-state index is 0.00679. The maximum atomic E-state index is 13.6. The van der Waals surface area contributed by atoms with Crippen molar-refractivity contribution in [2.24, 2.45) is 5.92 Å². The van der Waals surface area contributed by atoms with Crippen molar-refractivity contribution in [1.82, 2.24) is 5.32 Å². The number of carboxylic acid groups (broad SMARTS) is 1. The zero-order valence-electron chi connectivity index (χ0n) is 11.1. The molecule has 0 aromatic heterocycles. The van der Waals surface area contributed by atoms with Crippen LogP contribution in [0.1, 0.15) is 35.7 Å². The molecule has 5 heteroatoms. The van der Waals surface area contributed by atoms with E-state index < -0.39 is 17.7 Å². The van der Waals surface area contributed by atoms with Crippen LogP contribution in [-0.2, 0) is 4.79 Å². The van der Waals surface area contributed by atoms with Crippen LogP contribution in [0.3, 0.4) is 0 Å². The summed E-state index contributed by atoms with van der Waals surface area (Å²) in [5.41, 5.74) is 0.724. The Morgan fingerprint density at radius 3 is 2.63 bits per heavy atom. The van der Waals surface area contributed by atoms with Crippen molar-refractivity contribution < 1.29 is 19.1 Å². The van der Waals surface area contributed by atoms with Gasteiger partial charge in [0.05, 0.1) is 5.56 Å². The number of carbonyl (C=O) groups excluding carboxylic acids is 1. The zero-order valence-corrected chi connectivity index (χ0v) is 11.1. The van der Waals surface area contributed by atoms with Crippen LogP contribution in [-0.4, -0.2) is 23.5 Å². The molecule has 0 saturated carbocycles. The molecular weight excluding hydrogens is 249 g/mol. The van der Waals surface area contributed by atoms with Gasteiger partial charge >= 0.3 is 5.97 Å². The Morgan fingerprint density at radius 1 is 1.42 bits per heavy atom. The van der Waals surface area contributed by atoms with Gasteiger partial charge < -0.3 is 10.4 Å². The molecule has 0 radical (unpaired) electrons. The number of carboxylic acids is 1. The normalized spacial score (nSPS) is 11.9. The molecule has 0 heterocycles. The highest BCUT2D eigenvalue weighted by Gasteiger charge is 2.15. The number of aliphatic carboxylic acids is 1. The number of carbonyl (C=O) groups is 2. The smallest absolute Gasteiger partial charge is 0.303 e. The van der Waals surface area contributed by atoms with Gasteiger partial charge in [-0.2, -0.15) is 0 Å². The summed E-state index contributed by atoms with van der Waals surface area (Å²) < 4.78 is 13.6. The molecule has 1 rings (SSSR count). The molecule has 0 fully saturated rings. The van der Waals surface area contributed by atoms with Crippen molar-refractivity contribution in [1.29, 1.82) is 0 Å². The third-order valence-corrected chi connectivity index (χ3v) is 2.96. The number of nitrogens with one attached hydrogen (secondary N) is 1. The lowest BCUT2D eigenvalue weighted by Gasteiger charge is -2.13. The summed E-state index contributed by atoms with van der Waals surface area (Å²) >= 11 is 0. The van der Waals surface area contributed by atoms with Gasteiger partial charge in [0.25, 0.3) is 5.91 Å². The maximum absolute atomic E-state index is 13.6. The number of benzene rings is 1. The summed E-state index contributed by atoms with van der Waals surface area (Å²) in [5.74, 6) is -2.12. The van der Waals surface area contributed by atoms with E-state index in [2.05, 4.69) is 5.32 Å². The molecule has 0 saturated heterocycles. The molecule has 19 heavy (non-hydrogen) atoms. The quantitative estimate of drug-likeness (QED) is 0.831. The Kier molecular flexibility index (Phi) is 5.48. The molecule has 0 aliphatic carbocycles. The first-order valence-corrected chi connectivity index (χ1v) is 6.20. The summed E-state index contributed by atoms with van der Waals surface area (Å²) in [6.45, 7) is 3.83. The standard InChI is InChI=1S/C14H18FNO3/c1-3-10(7-13(17)18)8-16-14(19)11-5-4-9(2)6-12(11)15/h4-6,10H,3,7-8H2,1-2H3,(H,16,19)(H,17,18). The third-order valence-electron chi connectivity index (χ3n) is 2.96. The lowest BCUT2D eigenvalue weighted by molar-refractivity contribution is -0.138. The van der Waals surface area contributed by atoms with Gasteiger partial charge in [0.1, 0.15) is 5.82 Å². The van der Waals surface area contributed by atoms with Crippen molar-refractivity contribution in [2.75, 3.05) is 6.54 Å². The Morgan fingerprint density at radius 2 is 2.11 bits per heavy atom. The second kappa shape index (κ2) is 6.87. The first kappa shape index (κ1) is 15.1. The minimum Gasteiger partial charge on any atom is -0.481 e. The predicted octanol–water partition coefficient (Wildman–Crippen LogP) is 2.36. The molecule has 104 valence electrons. The van der Waals surface area contributed by atoms with E-state index in [4.69, 9.17) is 5.11 Å². The van der Waals surface area contributed by atoms with Crippen LogP contribution in [0.25, 0.3) is 0 Å². The van der Waals surface area contributed by atoms with Crippen LogP contribution in [0.2, 0.25) is 0 Å². The highest BCUT2D eigenvalue weighted by atomic mass is 19.1. The van der Waals surface area contributed by atoms with Crippen LogP contribution in [0, 0.1) is 18.7 Å². The van der Waals surface area contributed by atoms with Crippen LogP contribution in [0.15, 0.2) is 18.2 Å². The van der Waals surface area contributed by atoms with Crippen molar-refractivity contribution in [3.8, 4) is 0 Å². The number of aryl methyl sites for hydroxylation is 1. The topological polar surface area (TPSA) is 66.4 Å². The molecular formula is C14H18FNO3. The summed E-state index contributed by atoms with van der Waals surface area (Å²) in [5, 5.41) is 11.3. The SMILES string of the molecule is CCC(CNC(=O)c1ccc(C)cc1F)CC(=O)O. The molecule has 1 amide bonds. The predicted molar refractivity (Wildman–Crippen MR) is 69.5 cm³/mol. The molecule has 4 nitrogen and oxygen atoms in total.